The molecule has 2 heterocycles. The Kier molecular flexibility index (Phi) is 5.27. The Morgan fingerprint density at radius 1 is 1.14 bits per heavy atom. The molecular weight excluding hydrogens is 388 g/mol. The van der Waals surface area contributed by atoms with E-state index < -0.39 is 0 Å². The molecule has 148 valence electrons. The number of hydrogen-bond acceptors (Lipinski definition) is 5. The molecule has 0 spiro atoms. The number of nitrogens with one attached hydrogen (secondary N) is 1. The Labute approximate surface area is 174 Å². The molecule has 0 aliphatic carbocycles. The van der Waals surface area contributed by atoms with Gasteiger partial charge < -0.3 is 19.9 Å². The SMILES string of the molecule is CN(C)c1ccc(NC(=O)c2cccc3c2OCCN3c2ncccc2Cl)cc1. The molecule has 29 heavy (non-hydrogen) atoms. The highest BCUT2D eigenvalue weighted by Gasteiger charge is 2.26. The molecule has 1 amide bonds. The minimum absolute atomic E-state index is 0.228. The summed E-state index contributed by atoms with van der Waals surface area (Å²) < 4.78 is 5.88. The lowest BCUT2D eigenvalue weighted by Crippen LogP contribution is -2.30. The molecule has 0 bridgehead atoms. The van der Waals surface area contributed by atoms with Gasteiger partial charge in [0, 0.05) is 31.7 Å². The predicted octanol–water partition coefficient (Wildman–Crippen LogP) is 4.58. The van der Waals surface area contributed by atoms with Crippen LogP contribution in [0.4, 0.5) is 22.9 Å². The van der Waals surface area contributed by atoms with Crippen LogP contribution in [0.1, 0.15) is 10.4 Å². The minimum Gasteiger partial charge on any atom is -0.489 e. The van der Waals surface area contributed by atoms with Crippen LogP contribution in [0.5, 0.6) is 5.75 Å². The maximum absolute atomic E-state index is 13.0. The van der Waals surface area contributed by atoms with Crippen molar-refractivity contribution in [2.24, 2.45) is 0 Å². The maximum Gasteiger partial charge on any atom is 0.259 e. The Morgan fingerprint density at radius 3 is 2.66 bits per heavy atom. The molecule has 0 fully saturated rings. The first-order valence-corrected chi connectivity index (χ1v) is 9.65. The highest BCUT2D eigenvalue weighted by atomic mass is 35.5. The number of amides is 1. The van der Waals surface area contributed by atoms with E-state index in [1.54, 1.807) is 24.4 Å². The van der Waals surface area contributed by atoms with Crippen LogP contribution in [0.3, 0.4) is 0 Å². The van der Waals surface area contributed by atoms with Crippen molar-refractivity contribution in [2.75, 3.05) is 42.4 Å². The van der Waals surface area contributed by atoms with Crippen LogP contribution >= 0.6 is 11.6 Å². The van der Waals surface area contributed by atoms with Crippen molar-refractivity contribution in [1.82, 2.24) is 4.98 Å². The van der Waals surface area contributed by atoms with Crippen LogP contribution in [0, 0.1) is 0 Å². The van der Waals surface area contributed by atoms with E-state index in [1.165, 1.54) is 0 Å². The molecule has 0 atom stereocenters. The van der Waals surface area contributed by atoms with Crippen LogP contribution < -0.4 is 19.9 Å². The second-order valence-electron chi connectivity index (χ2n) is 6.86. The first-order chi connectivity index (χ1) is 14.0. The Bertz CT molecular complexity index is 1040. The highest BCUT2D eigenvalue weighted by molar-refractivity contribution is 6.33. The van der Waals surface area contributed by atoms with E-state index in [0.717, 1.165) is 17.1 Å². The van der Waals surface area contributed by atoms with E-state index in [1.807, 2.05) is 60.3 Å². The largest absolute Gasteiger partial charge is 0.489 e. The van der Waals surface area contributed by atoms with Gasteiger partial charge >= 0.3 is 0 Å². The molecule has 2 aromatic carbocycles. The van der Waals surface area contributed by atoms with Crippen molar-refractivity contribution in [2.45, 2.75) is 0 Å². The van der Waals surface area contributed by atoms with Gasteiger partial charge in [-0.3, -0.25) is 4.79 Å². The first-order valence-electron chi connectivity index (χ1n) is 9.27. The molecule has 6 nitrogen and oxygen atoms in total. The summed E-state index contributed by atoms with van der Waals surface area (Å²) in [5, 5.41) is 3.49. The average Bonchev–Trinajstić information content (AvgIpc) is 2.73. The zero-order valence-corrected chi connectivity index (χ0v) is 17.0. The van der Waals surface area contributed by atoms with E-state index in [4.69, 9.17) is 16.3 Å². The van der Waals surface area contributed by atoms with Crippen molar-refractivity contribution in [3.63, 3.8) is 0 Å². The number of rotatable bonds is 4. The smallest absolute Gasteiger partial charge is 0.259 e. The molecule has 7 heteroatoms. The van der Waals surface area contributed by atoms with Crippen molar-refractivity contribution < 1.29 is 9.53 Å². The van der Waals surface area contributed by atoms with Crippen LogP contribution in [0.15, 0.2) is 60.8 Å². The second-order valence-corrected chi connectivity index (χ2v) is 7.27. The van der Waals surface area contributed by atoms with Gasteiger partial charge in [0.15, 0.2) is 11.6 Å². The number of benzene rings is 2. The standard InChI is InChI=1S/C22H21ClN4O2/c1-26(2)16-10-8-15(9-11-16)25-22(28)17-5-3-7-19-20(17)29-14-13-27(19)21-18(23)6-4-12-24-21/h3-12H,13-14H2,1-2H3,(H,25,28). The third-order valence-corrected chi connectivity index (χ3v) is 5.02. The number of carbonyl (C=O) groups excluding carboxylic acids is 1. The van der Waals surface area contributed by atoms with Crippen LogP contribution in [0.25, 0.3) is 0 Å². The fourth-order valence-corrected chi connectivity index (χ4v) is 3.49. The summed E-state index contributed by atoms with van der Waals surface area (Å²) >= 11 is 6.34. The number of nitrogens with zero attached hydrogens (tertiary/aromatic N) is 3. The van der Waals surface area contributed by atoms with E-state index >= 15 is 0 Å². The number of ether oxygens (including phenoxy) is 1. The number of carbonyl (C=O) groups is 1. The second kappa shape index (κ2) is 8.01. The lowest BCUT2D eigenvalue weighted by atomic mass is 10.1. The predicted molar refractivity (Wildman–Crippen MR) is 117 cm³/mol. The summed E-state index contributed by atoms with van der Waals surface area (Å²) in [4.78, 5) is 21.3. The number of aromatic nitrogens is 1. The lowest BCUT2D eigenvalue weighted by molar-refractivity contribution is 0.102. The van der Waals surface area contributed by atoms with Gasteiger partial charge in [0.2, 0.25) is 0 Å². The van der Waals surface area contributed by atoms with Gasteiger partial charge in [-0.15, -0.1) is 0 Å². The molecule has 3 aromatic rings. The topological polar surface area (TPSA) is 57.7 Å². The van der Waals surface area contributed by atoms with E-state index in [0.29, 0.717) is 35.3 Å². The Morgan fingerprint density at radius 2 is 1.93 bits per heavy atom. The lowest BCUT2D eigenvalue weighted by Gasteiger charge is -2.31. The molecule has 0 saturated heterocycles. The monoisotopic (exact) mass is 408 g/mol. The highest BCUT2D eigenvalue weighted by Crippen LogP contribution is 2.40. The van der Waals surface area contributed by atoms with Gasteiger partial charge in [-0.2, -0.15) is 0 Å². The van der Waals surface area contributed by atoms with Crippen LogP contribution in [-0.4, -0.2) is 38.1 Å². The summed E-state index contributed by atoms with van der Waals surface area (Å²) in [5.41, 5.74) is 3.02. The Balaban J connectivity index is 1.63. The van der Waals surface area contributed by atoms with Crippen molar-refractivity contribution in [3.8, 4) is 5.75 Å². The normalized spacial score (nSPS) is 12.7. The fraction of sp³-hybridized carbons (Fsp3) is 0.182. The molecule has 1 aliphatic rings. The molecular formula is C22H21ClN4O2. The zero-order chi connectivity index (χ0) is 20.4. The van der Waals surface area contributed by atoms with Crippen molar-refractivity contribution in [1.29, 1.82) is 0 Å². The zero-order valence-electron chi connectivity index (χ0n) is 16.2. The van der Waals surface area contributed by atoms with E-state index in [9.17, 15) is 4.79 Å². The van der Waals surface area contributed by atoms with E-state index in [2.05, 4.69) is 10.3 Å². The summed E-state index contributed by atoms with van der Waals surface area (Å²) in [5.74, 6) is 0.951. The summed E-state index contributed by atoms with van der Waals surface area (Å²) in [6.07, 6.45) is 1.70. The number of pyridine rings is 1. The molecule has 0 radical (unpaired) electrons. The number of para-hydroxylation sites is 1. The minimum atomic E-state index is -0.228. The third kappa shape index (κ3) is 3.84. The van der Waals surface area contributed by atoms with Gasteiger partial charge in [0.1, 0.15) is 6.61 Å². The molecule has 1 aliphatic heterocycles. The van der Waals surface area contributed by atoms with Gasteiger partial charge in [0.05, 0.1) is 22.8 Å². The molecule has 4 rings (SSSR count). The first kappa shape index (κ1) is 19.1. The fourth-order valence-electron chi connectivity index (χ4n) is 3.26. The van der Waals surface area contributed by atoms with Crippen molar-refractivity contribution in [3.05, 3.63) is 71.4 Å². The van der Waals surface area contributed by atoms with Gasteiger partial charge in [-0.05, 0) is 48.5 Å². The number of anilines is 4. The molecule has 1 N–H and O–H groups in total. The summed E-state index contributed by atoms with van der Waals surface area (Å²) in [6.45, 7) is 1.03. The van der Waals surface area contributed by atoms with Gasteiger partial charge in [-0.1, -0.05) is 17.7 Å². The van der Waals surface area contributed by atoms with Gasteiger partial charge in [0.25, 0.3) is 5.91 Å². The van der Waals surface area contributed by atoms with E-state index in [-0.39, 0.29) is 5.91 Å². The Hall–Kier alpha value is -3.25. The quantitative estimate of drug-likeness (QED) is 0.684. The van der Waals surface area contributed by atoms with Crippen LogP contribution in [0.2, 0.25) is 5.02 Å². The molecule has 1 aromatic heterocycles. The van der Waals surface area contributed by atoms with Crippen LogP contribution in [-0.2, 0) is 0 Å². The summed E-state index contributed by atoms with van der Waals surface area (Å²) in [7, 11) is 3.95. The summed E-state index contributed by atoms with van der Waals surface area (Å²) in [6, 6.07) is 16.8. The number of hydrogen-bond donors (Lipinski definition) is 1. The molecule has 0 saturated carbocycles. The van der Waals surface area contributed by atoms with Gasteiger partial charge in [-0.25, -0.2) is 4.98 Å². The molecule has 0 unspecified atom stereocenters. The average molecular weight is 409 g/mol. The van der Waals surface area contributed by atoms with Crippen molar-refractivity contribution >= 4 is 40.4 Å². The number of fused-ring (bicyclic) bond motifs is 1. The number of halogens is 1. The maximum atomic E-state index is 13.0. The third-order valence-electron chi connectivity index (χ3n) is 4.73.